The number of carboxylic acid groups (broad SMARTS) is 1. The van der Waals surface area contributed by atoms with Gasteiger partial charge in [0.1, 0.15) is 0 Å². The van der Waals surface area contributed by atoms with E-state index < -0.39 is 5.97 Å². The largest absolute Gasteiger partial charge is 0.503 e. The Morgan fingerprint density at radius 2 is 2.00 bits per heavy atom. The quantitative estimate of drug-likeness (QED) is 0.697. The third-order valence-electron chi connectivity index (χ3n) is 0.247. The van der Waals surface area contributed by atoms with Crippen molar-refractivity contribution in [2.24, 2.45) is 0 Å². The Balaban J connectivity index is 0. The van der Waals surface area contributed by atoms with Gasteiger partial charge in [-0.25, -0.2) is 0 Å². The Labute approximate surface area is 30.4 Å². The molecule has 0 aromatic rings. The van der Waals surface area contributed by atoms with Crippen molar-refractivity contribution in [2.45, 2.75) is 6.92 Å². The van der Waals surface area contributed by atoms with E-state index in [1.54, 1.807) is 0 Å². The van der Waals surface area contributed by atoms with E-state index in [0.29, 0.717) is 0 Å². The molecule has 3 heteroatoms. The van der Waals surface area contributed by atoms with Gasteiger partial charge in [0.15, 0.2) is 5.97 Å². The molecule has 0 saturated heterocycles. The van der Waals surface area contributed by atoms with E-state index in [9.17, 15) is 4.79 Å². The smallest absolute Gasteiger partial charge is 0.163 e. The van der Waals surface area contributed by atoms with Crippen molar-refractivity contribution in [1.29, 1.82) is 0 Å². The molecule has 0 spiro atoms. The minimum Gasteiger partial charge on any atom is -0.503 e. The van der Waals surface area contributed by atoms with Gasteiger partial charge in [0.05, 0.1) is 0 Å². The zero-order valence-electron chi connectivity index (χ0n) is 3.64. The van der Waals surface area contributed by atoms with Crippen molar-refractivity contribution in [1.82, 2.24) is 0 Å². The van der Waals surface area contributed by atoms with Crippen molar-refractivity contribution in [3.8, 4) is 0 Å². The van der Waals surface area contributed by atoms with Crippen molar-refractivity contribution >= 4 is 5.97 Å². The van der Waals surface area contributed by atoms with Crippen molar-refractivity contribution in [3.63, 3.8) is 0 Å². The molecule has 0 aliphatic heterocycles. The first kappa shape index (κ1) is 8.84. The molecular formula is C3H5O2Rf-. The van der Waals surface area contributed by atoms with Gasteiger partial charge in [-0.05, 0) is 0 Å². The molecule has 0 heterocycles. The molecule has 0 rings (SSSR count). The number of carboxylic acids is 1. The van der Waals surface area contributed by atoms with Crippen LogP contribution in [-0.2, 0) is 4.79 Å². The second-order valence-corrected chi connectivity index (χ2v) is 0.627. The van der Waals surface area contributed by atoms with Crippen LogP contribution in [0.2, 0.25) is 0 Å². The maximum Gasteiger partial charge on any atom is 0.163 e. The van der Waals surface area contributed by atoms with Gasteiger partial charge in [-0.1, -0.05) is 0 Å². The average Bonchev–Trinajstić information content (AvgIpc) is 1.38. The van der Waals surface area contributed by atoms with Crippen LogP contribution in [0.25, 0.3) is 0 Å². The summed E-state index contributed by atoms with van der Waals surface area (Å²) in [6, 6.07) is 0. The van der Waals surface area contributed by atoms with E-state index in [4.69, 9.17) is 5.11 Å². The molecule has 0 fully saturated rings. The molecule has 0 bridgehead atoms. The second-order valence-electron chi connectivity index (χ2n) is 0.627. The van der Waals surface area contributed by atoms with E-state index in [1.807, 2.05) is 0 Å². The molecule has 2 nitrogen and oxygen atoms in total. The fraction of sp³-hybridized carbons (Fsp3) is 0.333. The standard InChI is InChI=1S/C3H5O2.Rf/c1-2-3(4)5;/h2H,1H3,(H,4,5);/q-1;. The van der Waals surface area contributed by atoms with Crippen LogP contribution in [0.15, 0.2) is 0 Å². The molecule has 0 aliphatic carbocycles. The normalized spacial score (nSPS) is 5.50. The zero-order valence-corrected chi connectivity index (χ0v) is 10.0. The third-order valence-corrected chi connectivity index (χ3v) is 0.247. The molecule has 1 N–H and O–H groups in total. The Kier molecular flexibility index (Phi) is 4.92. The number of rotatable bonds is 1. The summed E-state index contributed by atoms with van der Waals surface area (Å²) in [5, 5.41) is 7.67. The first-order valence-corrected chi connectivity index (χ1v) is 1.29. The van der Waals surface area contributed by atoms with Gasteiger partial charge in [0.25, 0.3) is 0 Å². The van der Waals surface area contributed by atoms with E-state index in [1.165, 1.54) is 6.92 Å². The van der Waals surface area contributed by atoms with Gasteiger partial charge in [-0.2, -0.15) is 6.92 Å². The predicted octanol–water partition coefficient (Wildman–Crippen LogP) is 0.295. The zero-order chi connectivity index (χ0) is 4.28. The molecule has 32 valence electrons. The molecule has 0 atom stereocenters. The summed E-state index contributed by atoms with van der Waals surface area (Å²) >= 11 is 0. The Morgan fingerprint density at radius 1 is 1.83 bits per heavy atom. The second kappa shape index (κ2) is 3.34. The Morgan fingerprint density at radius 3 is 2.00 bits per heavy atom. The van der Waals surface area contributed by atoms with Crippen molar-refractivity contribution in [2.75, 3.05) is 0 Å². The Hall–Kier alpha value is -1.66. The monoisotopic (exact) mass is 340 g/mol. The van der Waals surface area contributed by atoms with Crippen LogP contribution in [0.3, 0.4) is 0 Å². The third kappa shape index (κ3) is 36.3. The van der Waals surface area contributed by atoms with Gasteiger partial charge in [-0.15, -0.1) is 0 Å². The summed E-state index contributed by atoms with van der Waals surface area (Å²) in [6.07, 6.45) is 1.08. The van der Waals surface area contributed by atoms with E-state index in [-0.39, 0.29) is 0 Å². The van der Waals surface area contributed by atoms with Gasteiger partial charge in [0.2, 0.25) is 0 Å². The summed E-state index contributed by atoms with van der Waals surface area (Å²) in [5.41, 5.74) is 0. The van der Waals surface area contributed by atoms with Crippen LogP contribution >= 0.6 is 0 Å². The topological polar surface area (TPSA) is 37.3 Å². The maximum atomic E-state index is 9.31. The molecule has 6 heavy (non-hydrogen) atoms. The SMILES string of the molecule is C[CH-]C(=O)O.[Rf]. The average molecular weight is 340 g/mol. The van der Waals surface area contributed by atoms with Gasteiger partial charge in [0, 0.05) is 0 Å². The summed E-state index contributed by atoms with van der Waals surface area (Å²) < 4.78 is 0. The summed E-state index contributed by atoms with van der Waals surface area (Å²) in [6.45, 7) is 1.47. The summed E-state index contributed by atoms with van der Waals surface area (Å²) in [7, 11) is 0. The number of hydrogen-bond donors (Lipinski definition) is 1. The van der Waals surface area contributed by atoms with Crippen LogP contribution in [-0.4, -0.2) is 11.1 Å². The van der Waals surface area contributed by atoms with E-state index in [2.05, 4.69) is 0 Å². The van der Waals surface area contributed by atoms with E-state index >= 15 is 0 Å². The predicted molar refractivity (Wildman–Crippen MR) is 17.6 cm³/mol. The van der Waals surface area contributed by atoms with Gasteiger partial charge in [-0.3, -0.25) is 11.2 Å². The summed E-state index contributed by atoms with van der Waals surface area (Å²) in [5.74, 6) is -0.870. The first-order valence-electron chi connectivity index (χ1n) is 1.29. The first-order chi connectivity index (χ1) is 2.27. The maximum absolute atomic E-state index is 9.31. The number of aliphatic carboxylic acids is 1. The molecule has 0 aromatic heterocycles. The minimum atomic E-state index is -0.870. The Bertz CT molecular complexity index is 44.1. The summed E-state index contributed by atoms with van der Waals surface area (Å²) in [4.78, 5) is 9.31. The number of carbonyl (C=O) groups is 1. The van der Waals surface area contributed by atoms with Crippen molar-refractivity contribution < 1.29 is 9.90 Å². The molecule has 0 radical (unpaired) electrons. The fourth-order valence-electron chi connectivity index (χ4n) is 0. The van der Waals surface area contributed by atoms with Crippen molar-refractivity contribution in [3.05, 3.63) is 6.42 Å². The molecule has 0 unspecified atom stereocenters. The van der Waals surface area contributed by atoms with Crippen LogP contribution in [0, 0.1) is 6.42 Å². The van der Waals surface area contributed by atoms with Crippen LogP contribution < -0.4 is 0 Å². The minimum absolute atomic E-state index is 0. The molecule has 0 aliphatic rings. The van der Waals surface area contributed by atoms with Gasteiger partial charge >= 0.3 is 0 Å². The van der Waals surface area contributed by atoms with Crippen LogP contribution in [0.5, 0.6) is 0 Å². The van der Waals surface area contributed by atoms with Gasteiger partial charge < -0.3 is 5.11 Å². The van der Waals surface area contributed by atoms with Crippen LogP contribution in [0.4, 0.5) is 0 Å². The molecular weight excluding hydrogens is 335 g/mol. The molecule has 0 amide bonds. The molecule has 0 saturated carbocycles. The number of hydrogen-bond acceptors (Lipinski definition) is 1. The van der Waals surface area contributed by atoms with Crippen LogP contribution in [0.1, 0.15) is 6.92 Å². The van der Waals surface area contributed by atoms with E-state index in [0.717, 1.165) is 6.42 Å². The molecule has 0 aromatic carbocycles. The fourth-order valence-corrected chi connectivity index (χ4v) is 0.